The third-order valence-electron chi connectivity index (χ3n) is 4.63. The molecule has 19 heavy (non-hydrogen) atoms. The molecule has 1 aliphatic carbocycles. The minimum Gasteiger partial charge on any atom is -0.388 e. The number of aromatic nitrogens is 1. The Hall–Kier alpha value is -0.450. The fourth-order valence-corrected chi connectivity index (χ4v) is 3.33. The van der Waals surface area contributed by atoms with E-state index in [4.69, 9.17) is 5.73 Å². The Balaban J connectivity index is 2.22. The molecule has 1 saturated carbocycles. The van der Waals surface area contributed by atoms with Crippen LogP contribution in [0.15, 0.2) is 22.9 Å². The predicted molar refractivity (Wildman–Crippen MR) is 80.6 cm³/mol. The number of hydrogen-bond acceptors (Lipinski definition) is 3. The molecule has 106 valence electrons. The van der Waals surface area contributed by atoms with Crippen molar-refractivity contribution in [3.8, 4) is 0 Å². The molecule has 1 heterocycles. The summed E-state index contributed by atoms with van der Waals surface area (Å²) in [5.41, 5.74) is 7.04. The molecule has 1 fully saturated rings. The van der Waals surface area contributed by atoms with E-state index in [1.807, 2.05) is 6.07 Å². The number of aliphatic hydroxyl groups is 1. The van der Waals surface area contributed by atoms with Crippen LogP contribution in [0.3, 0.4) is 0 Å². The van der Waals surface area contributed by atoms with Crippen LogP contribution in [0.4, 0.5) is 0 Å². The first kappa shape index (κ1) is 14.9. The number of rotatable bonds is 3. The molecule has 0 radical (unpaired) electrons. The van der Waals surface area contributed by atoms with Gasteiger partial charge in [0, 0.05) is 34.4 Å². The highest BCUT2D eigenvalue weighted by molar-refractivity contribution is 9.10. The summed E-state index contributed by atoms with van der Waals surface area (Å²) in [5.74, 6) is 0. The van der Waals surface area contributed by atoms with E-state index < -0.39 is 6.10 Å². The monoisotopic (exact) mass is 326 g/mol. The first-order valence-corrected chi connectivity index (χ1v) is 7.66. The van der Waals surface area contributed by atoms with Crippen molar-refractivity contribution in [2.24, 2.45) is 16.6 Å². The molecule has 1 atom stereocenters. The highest BCUT2D eigenvalue weighted by Crippen LogP contribution is 2.50. The van der Waals surface area contributed by atoms with E-state index in [0.717, 1.165) is 35.7 Å². The lowest BCUT2D eigenvalue weighted by atomic mass is 9.62. The number of hydrogen-bond donors (Lipinski definition) is 2. The van der Waals surface area contributed by atoms with Crippen LogP contribution in [0.2, 0.25) is 0 Å². The number of halogens is 1. The number of nitrogens with zero attached hydrogens (tertiary/aromatic N) is 1. The summed E-state index contributed by atoms with van der Waals surface area (Å²) in [6, 6.07) is 1.94. The Labute approximate surface area is 123 Å². The van der Waals surface area contributed by atoms with Crippen molar-refractivity contribution in [2.45, 2.75) is 45.6 Å². The average Bonchev–Trinajstić information content (AvgIpc) is 2.39. The average molecular weight is 327 g/mol. The standard InChI is InChI=1S/C15H23BrN2O/c1-14(2)3-5-15(10-17,6-4-14)13(19)11-7-12(16)9-18-8-11/h7-9,13,19H,3-6,10,17H2,1-2H3. The smallest absolute Gasteiger partial charge is 0.0873 e. The van der Waals surface area contributed by atoms with Crippen molar-refractivity contribution in [2.75, 3.05) is 6.54 Å². The lowest BCUT2D eigenvalue weighted by molar-refractivity contribution is -0.0237. The summed E-state index contributed by atoms with van der Waals surface area (Å²) < 4.78 is 0.896. The highest BCUT2D eigenvalue weighted by Gasteiger charge is 2.43. The molecule has 1 aliphatic rings. The maximum atomic E-state index is 10.7. The van der Waals surface area contributed by atoms with Crippen molar-refractivity contribution in [1.29, 1.82) is 0 Å². The van der Waals surface area contributed by atoms with Crippen molar-refractivity contribution in [1.82, 2.24) is 4.98 Å². The van der Waals surface area contributed by atoms with E-state index in [1.54, 1.807) is 12.4 Å². The van der Waals surface area contributed by atoms with Crippen LogP contribution < -0.4 is 5.73 Å². The maximum absolute atomic E-state index is 10.7. The summed E-state index contributed by atoms with van der Waals surface area (Å²) in [5, 5.41) is 10.7. The van der Waals surface area contributed by atoms with Gasteiger partial charge in [-0.15, -0.1) is 0 Å². The van der Waals surface area contributed by atoms with Gasteiger partial charge in [-0.2, -0.15) is 0 Å². The van der Waals surface area contributed by atoms with Crippen LogP contribution in [0, 0.1) is 10.8 Å². The second-order valence-electron chi connectivity index (χ2n) is 6.57. The molecule has 0 spiro atoms. The van der Waals surface area contributed by atoms with Crippen molar-refractivity contribution < 1.29 is 5.11 Å². The van der Waals surface area contributed by atoms with Crippen molar-refractivity contribution in [3.05, 3.63) is 28.5 Å². The molecule has 0 saturated heterocycles. The third kappa shape index (κ3) is 3.18. The summed E-state index contributed by atoms with van der Waals surface area (Å²) in [7, 11) is 0. The van der Waals surface area contributed by atoms with Crippen LogP contribution in [-0.2, 0) is 0 Å². The topological polar surface area (TPSA) is 59.1 Å². The van der Waals surface area contributed by atoms with Crippen LogP contribution in [-0.4, -0.2) is 16.6 Å². The minimum atomic E-state index is -0.529. The molecular formula is C15H23BrN2O. The van der Waals surface area contributed by atoms with Gasteiger partial charge < -0.3 is 10.8 Å². The maximum Gasteiger partial charge on any atom is 0.0873 e. The molecule has 0 aromatic carbocycles. The molecule has 1 unspecified atom stereocenters. The van der Waals surface area contributed by atoms with Crippen LogP contribution in [0.1, 0.15) is 51.2 Å². The number of aliphatic hydroxyl groups excluding tert-OH is 1. The SMILES string of the molecule is CC1(C)CCC(CN)(C(O)c2cncc(Br)c2)CC1. The molecule has 3 N–H and O–H groups in total. The van der Waals surface area contributed by atoms with E-state index in [9.17, 15) is 5.11 Å². The number of nitrogens with two attached hydrogens (primary N) is 1. The quantitative estimate of drug-likeness (QED) is 0.894. The predicted octanol–water partition coefficient (Wildman–Crippen LogP) is 3.42. The summed E-state index contributed by atoms with van der Waals surface area (Å²) in [6.45, 7) is 5.11. The summed E-state index contributed by atoms with van der Waals surface area (Å²) in [6.07, 6.45) is 7.13. The molecule has 0 aliphatic heterocycles. The van der Waals surface area contributed by atoms with Gasteiger partial charge in [-0.3, -0.25) is 4.98 Å². The molecule has 2 rings (SSSR count). The summed E-state index contributed by atoms with van der Waals surface area (Å²) in [4.78, 5) is 4.15. The fourth-order valence-electron chi connectivity index (χ4n) is 2.95. The molecule has 0 bridgehead atoms. The Morgan fingerprint density at radius 1 is 1.32 bits per heavy atom. The van der Waals surface area contributed by atoms with E-state index in [0.29, 0.717) is 12.0 Å². The first-order valence-electron chi connectivity index (χ1n) is 6.87. The van der Waals surface area contributed by atoms with Crippen molar-refractivity contribution >= 4 is 15.9 Å². The molecule has 1 aromatic heterocycles. The third-order valence-corrected chi connectivity index (χ3v) is 5.06. The summed E-state index contributed by atoms with van der Waals surface area (Å²) >= 11 is 3.41. The largest absolute Gasteiger partial charge is 0.388 e. The Bertz CT molecular complexity index is 438. The van der Waals surface area contributed by atoms with Gasteiger partial charge >= 0.3 is 0 Å². The Kier molecular flexibility index (Phi) is 4.33. The molecular weight excluding hydrogens is 304 g/mol. The van der Waals surface area contributed by atoms with Gasteiger partial charge in [0.05, 0.1) is 6.10 Å². The zero-order chi connectivity index (χ0) is 14.1. The van der Waals surface area contributed by atoms with E-state index >= 15 is 0 Å². The van der Waals surface area contributed by atoms with Gasteiger partial charge in [-0.1, -0.05) is 13.8 Å². The first-order chi connectivity index (χ1) is 8.88. The van der Waals surface area contributed by atoms with Gasteiger partial charge in [-0.05, 0) is 53.1 Å². The normalized spacial score (nSPS) is 23.0. The van der Waals surface area contributed by atoms with Crippen molar-refractivity contribution in [3.63, 3.8) is 0 Å². The minimum absolute atomic E-state index is 0.196. The molecule has 4 heteroatoms. The Morgan fingerprint density at radius 2 is 1.95 bits per heavy atom. The van der Waals surface area contributed by atoms with Gasteiger partial charge in [0.15, 0.2) is 0 Å². The van der Waals surface area contributed by atoms with Gasteiger partial charge in [0.25, 0.3) is 0 Å². The van der Waals surface area contributed by atoms with E-state index in [1.165, 1.54) is 0 Å². The highest BCUT2D eigenvalue weighted by atomic mass is 79.9. The second-order valence-corrected chi connectivity index (χ2v) is 7.49. The number of pyridine rings is 1. The molecule has 0 amide bonds. The lowest BCUT2D eigenvalue weighted by Gasteiger charge is -2.45. The zero-order valence-corrected chi connectivity index (χ0v) is 13.3. The zero-order valence-electron chi connectivity index (χ0n) is 11.7. The Morgan fingerprint density at radius 3 is 2.47 bits per heavy atom. The molecule has 3 nitrogen and oxygen atoms in total. The lowest BCUT2D eigenvalue weighted by Crippen LogP contribution is -2.41. The molecule has 1 aromatic rings. The van der Waals surface area contributed by atoms with Crippen LogP contribution in [0.25, 0.3) is 0 Å². The van der Waals surface area contributed by atoms with Gasteiger partial charge in [-0.25, -0.2) is 0 Å². The van der Waals surface area contributed by atoms with Gasteiger partial charge in [0.1, 0.15) is 0 Å². The fraction of sp³-hybridized carbons (Fsp3) is 0.667. The van der Waals surface area contributed by atoms with Crippen LogP contribution in [0.5, 0.6) is 0 Å². The second kappa shape index (κ2) is 5.51. The van der Waals surface area contributed by atoms with E-state index in [2.05, 4.69) is 34.8 Å². The van der Waals surface area contributed by atoms with Crippen LogP contribution >= 0.6 is 15.9 Å². The van der Waals surface area contributed by atoms with Gasteiger partial charge in [0.2, 0.25) is 0 Å². The van der Waals surface area contributed by atoms with E-state index in [-0.39, 0.29) is 5.41 Å².